The lowest BCUT2D eigenvalue weighted by Gasteiger charge is -2.36. The quantitative estimate of drug-likeness (QED) is 0.864. The Kier molecular flexibility index (Phi) is 4.36. The number of likely N-dealkylation sites (N-methyl/N-ethyl adjacent to an activating group) is 1. The summed E-state index contributed by atoms with van der Waals surface area (Å²) in [5, 5.41) is 3.52. The van der Waals surface area contributed by atoms with Crippen LogP contribution in [0.4, 0.5) is 4.39 Å². The molecule has 1 aliphatic rings. The average Bonchev–Trinajstić information content (AvgIpc) is 2.82. The molecule has 2 nitrogen and oxygen atoms in total. The fraction of sp³-hybridized carbons (Fsp3) is 0.600. The molecule has 0 amide bonds. The van der Waals surface area contributed by atoms with Gasteiger partial charge in [0.25, 0.3) is 0 Å². The standard InChI is InChI=1S/C15H23FN2/c1-18(2)15(9-3-4-10-15)12-17-11-13-5-7-14(16)8-6-13/h5-8,17H,3-4,9-12H2,1-2H3. The Morgan fingerprint density at radius 2 is 1.78 bits per heavy atom. The number of nitrogens with zero attached hydrogens (tertiary/aromatic N) is 1. The van der Waals surface area contributed by atoms with E-state index in [0.29, 0.717) is 5.54 Å². The van der Waals surface area contributed by atoms with Crippen LogP contribution in [0.5, 0.6) is 0 Å². The highest BCUT2D eigenvalue weighted by Crippen LogP contribution is 2.33. The highest BCUT2D eigenvalue weighted by Gasteiger charge is 2.35. The highest BCUT2D eigenvalue weighted by molar-refractivity contribution is 5.15. The van der Waals surface area contributed by atoms with Crippen LogP contribution in [-0.4, -0.2) is 31.1 Å². The lowest BCUT2D eigenvalue weighted by Crippen LogP contribution is -2.49. The van der Waals surface area contributed by atoms with Crippen molar-refractivity contribution in [2.45, 2.75) is 37.8 Å². The van der Waals surface area contributed by atoms with Gasteiger partial charge in [-0.25, -0.2) is 4.39 Å². The monoisotopic (exact) mass is 250 g/mol. The van der Waals surface area contributed by atoms with Crippen LogP contribution in [-0.2, 0) is 6.54 Å². The fourth-order valence-corrected chi connectivity index (χ4v) is 2.86. The molecule has 1 fully saturated rings. The fourth-order valence-electron chi connectivity index (χ4n) is 2.86. The predicted molar refractivity (Wildman–Crippen MR) is 73.0 cm³/mol. The zero-order valence-corrected chi connectivity index (χ0v) is 11.4. The molecule has 1 aromatic rings. The molecule has 3 heteroatoms. The van der Waals surface area contributed by atoms with Gasteiger partial charge in [0.05, 0.1) is 0 Å². The molecule has 0 spiro atoms. The lowest BCUT2D eigenvalue weighted by atomic mass is 9.96. The van der Waals surface area contributed by atoms with Crippen molar-refractivity contribution in [2.24, 2.45) is 0 Å². The van der Waals surface area contributed by atoms with Crippen molar-refractivity contribution < 1.29 is 4.39 Å². The molecule has 0 radical (unpaired) electrons. The highest BCUT2D eigenvalue weighted by atomic mass is 19.1. The first-order valence-electron chi connectivity index (χ1n) is 6.75. The van der Waals surface area contributed by atoms with Gasteiger partial charge in [-0.2, -0.15) is 0 Å². The number of rotatable bonds is 5. The third-order valence-corrected chi connectivity index (χ3v) is 4.18. The zero-order chi connectivity index (χ0) is 13.0. The van der Waals surface area contributed by atoms with E-state index in [0.717, 1.165) is 18.7 Å². The largest absolute Gasteiger partial charge is 0.311 e. The van der Waals surface area contributed by atoms with Gasteiger partial charge in [-0.1, -0.05) is 25.0 Å². The Balaban J connectivity index is 1.85. The second kappa shape index (κ2) is 5.81. The van der Waals surface area contributed by atoms with E-state index in [1.807, 2.05) is 12.1 Å². The van der Waals surface area contributed by atoms with Gasteiger partial charge in [0, 0.05) is 18.6 Å². The molecule has 0 aliphatic heterocycles. The maximum Gasteiger partial charge on any atom is 0.123 e. The molecule has 0 aromatic heterocycles. The van der Waals surface area contributed by atoms with Crippen molar-refractivity contribution in [3.8, 4) is 0 Å². The maximum absolute atomic E-state index is 12.8. The first kappa shape index (κ1) is 13.5. The average molecular weight is 250 g/mol. The summed E-state index contributed by atoms with van der Waals surface area (Å²) in [5.41, 5.74) is 1.46. The molecule has 0 atom stereocenters. The predicted octanol–water partition coefficient (Wildman–Crippen LogP) is 2.79. The summed E-state index contributed by atoms with van der Waals surface area (Å²) in [6, 6.07) is 6.74. The zero-order valence-electron chi connectivity index (χ0n) is 11.4. The number of benzene rings is 1. The first-order valence-corrected chi connectivity index (χ1v) is 6.75. The van der Waals surface area contributed by atoms with Crippen molar-refractivity contribution >= 4 is 0 Å². The summed E-state index contributed by atoms with van der Waals surface area (Å²) in [7, 11) is 4.34. The molecule has 100 valence electrons. The summed E-state index contributed by atoms with van der Waals surface area (Å²) < 4.78 is 12.8. The third kappa shape index (κ3) is 3.09. The molecule has 0 bridgehead atoms. The van der Waals surface area contributed by atoms with Gasteiger partial charge in [-0.15, -0.1) is 0 Å². The van der Waals surface area contributed by atoms with Crippen LogP contribution in [0.25, 0.3) is 0 Å². The molecular weight excluding hydrogens is 227 g/mol. The van der Waals surface area contributed by atoms with Crippen LogP contribution in [0.15, 0.2) is 24.3 Å². The molecule has 0 heterocycles. The molecular formula is C15H23FN2. The summed E-state index contributed by atoms with van der Waals surface area (Å²) in [6.07, 6.45) is 5.21. The minimum atomic E-state index is -0.167. The van der Waals surface area contributed by atoms with Crippen molar-refractivity contribution in [2.75, 3.05) is 20.6 Å². The van der Waals surface area contributed by atoms with Crippen molar-refractivity contribution in [1.29, 1.82) is 0 Å². The van der Waals surface area contributed by atoms with Crippen LogP contribution in [0.2, 0.25) is 0 Å². The van der Waals surface area contributed by atoms with E-state index in [1.54, 1.807) is 0 Å². The van der Waals surface area contributed by atoms with E-state index in [4.69, 9.17) is 0 Å². The minimum absolute atomic E-state index is 0.167. The summed E-state index contributed by atoms with van der Waals surface area (Å²) in [4.78, 5) is 2.36. The second-order valence-corrected chi connectivity index (χ2v) is 5.56. The molecule has 2 rings (SSSR count). The minimum Gasteiger partial charge on any atom is -0.311 e. The molecule has 1 aromatic carbocycles. The molecule has 18 heavy (non-hydrogen) atoms. The first-order chi connectivity index (χ1) is 8.62. The Labute approximate surface area is 109 Å². The van der Waals surface area contributed by atoms with Crippen LogP contribution in [0, 0.1) is 5.82 Å². The van der Waals surface area contributed by atoms with E-state index < -0.39 is 0 Å². The van der Waals surface area contributed by atoms with Gasteiger partial charge in [0.1, 0.15) is 5.82 Å². The van der Waals surface area contributed by atoms with Gasteiger partial charge < -0.3 is 10.2 Å². The SMILES string of the molecule is CN(C)C1(CNCc2ccc(F)cc2)CCCC1. The van der Waals surface area contributed by atoms with Gasteiger partial charge >= 0.3 is 0 Å². The Bertz CT molecular complexity index is 367. The normalized spacial score (nSPS) is 18.4. The van der Waals surface area contributed by atoms with E-state index in [9.17, 15) is 4.39 Å². The van der Waals surface area contributed by atoms with E-state index in [1.165, 1.54) is 37.8 Å². The lowest BCUT2D eigenvalue weighted by molar-refractivity contribution is 0.153. The van der Waals surface area contributed by atoms with Crippen LogP contribution in [0.1, 0.15) is 31.2 Å². The smallest absolute Gasteiger partial charge is 0.123 e. The third-order valence-electron chi connectivity index (χ3n) is 4.18. The van der Waals surface area contributed by atoms with Crippen molar-refractivity contribution in [1.82, 2.24) is 10.2 Å². The maximum atomic E-state index is 12.8. The van der Waals surface area contributed by atoms with Gasteiger partial charge in [-0.3, -0.25) is 0 Å². The summed E-state index contributed by atoms with van der Waals surface area (Å²) in [5.74, 6) is -0.167. The van der Waals surface area contributed by atoms with Gasteiger partial charge in [-0.05, 0) is 44.6 Å². The molecule has 1 saturated carbocycles. The number of hydrogen-bond donors (Lipinski definition) is 1. The van der Waals surface area contributed by atoms with Crippen LogP contribution < -0.4 is 5.32 Å². The topological polar surface area (TPSA) is 15.3 Å². The van der Waals surface area contributed by atoms with Gasteiger partial charge in [0.2, 0.25) is 0 Å². The van der Waals surface area contributed by atoms with Crippen LogP contribution in [0.3, 0.4) is 0 Å². The summed E-state index contributed by atoms with van der Waals surface area (Å²) >= 11 is 0. The van der Waals surface area contributed by atoms with E-state index >= 15 is 0 Å². The molecule has 1 aliphatic carbocycles. The van der Waals surface area contributed by atoms with Crippen molar-refractivity contribution in [3.05, 3.63) is 35.6 Å². The molecule has 0 unspecified atom stereocenters. The van der Waals surface area contributed by atoms with Crippen molar-refractivity contribution in [3.63, 3.8) is 0 Å². The van der Waals surface area contributed by atoms with Gasteiger partial charge in [0.15, 0.2) is 0 Å². The Morgan fingerprint density at radius 1 is 1.17 bits per heavy atom. The Hall–Kier alpha value is -0.930. The van der Waals surface area contributed by atoms with E-state index in [2.05, 4.69) is 24.3 Å². The number of nitrogens with one attached hydrogen (secondary N) is 1. The van der Waals surface area contributed by atoms with Crippen LogP contribution >= 0.6 is 0 Å². The number of hydrogen-bond acceptors (Lipinski definition) is 2. The molecule has 0 saturated heterocycles. The summed E-state index contributed by atoms with van der Waals surface area (Å²) in [6.45, 7) is 1.83. The van der Waals surface area contributed by atoms with E-state index in [-0.39, 0.29) is 5.82 Å². The molecule has 1 N–H and O–H groups in total. The Morgan fingerprint density at radius 3 is 2.33 bits per heavy atom. The second-order valence-electron chi connectivity index (χ2n) is 5.56. The number of halogens is 1.